The van der Waals surface area contributed by atoms with Gasteiger partial charge < -0.3 is 28.8 Å². The molecule has 3 aliphatic rings. The standard InChI is InChI=1S/C12H20O6/c1-9(8-5-14-6-15-8)10(2,13)11(3)12(4,18-9)17-7-16-11/h8,13H,5-7H2,1-4H3. The molecule has 0 aromatic rings. The van der Waals surface area contributed by atoms with Crippen LogP contribution in [0.3, 0.4) is 0 Å². The molecule has 0 aliphatic carbocycles. The summed E-state index contributed by atoms with van der Waals surface area (Å²) < 4.78 is 28.0. The number of hydrogen-bond acceptors (Lipinski definition) is 6. The van der Waals surface area contributed by atoms with E-state index in [9.17, 15) is 5.11 Å². The van der Waals surface area contributed by atoms with Gasteiger partial charge >= 0.3 is 0 Å². The van der Waals surface area contributed by atoms with Gasteiger partial charge in [0.2, 0.25) is 5.79 Å². The van der Waals surface area contributed by atoms with Crippen LogP contribution in [-0.4, -0.2) is 54.0 Å². The van der Waals surface area contributed by atoms with Crippen molar-refractivity contribution in [2.75, 3.05) is 20.2 Å². The second-order valence-electron chi connectivity index (χ2n) is 5.81. The smallest absolute Gasteiger partial charge is 0.200 e. The average Bonchev–Trinajstić information content (AvgIpc) is 2.90. The Morgan fingerprint density at radius 2 is 1.78 bits per heavy atom. The van der Waals surface area contributed by atoms with E-state index in [-0.39, 0.29) is 19.7 Å². The van der Waals surface area contributed by atoms with Gasteiger partial charge in [0.15, 0.2) is 12.4 Å². The number of fused-ring (bicyclic) bond motifs is 1. The van der Waals surface area contributed by atoms with Crippen molar-refractivity contribution in [2.45, 2.75) is 56.4 Å². The topological polar surface area (TPSA) is 66.4 Å². The van der Waals surface area contributed by atoms with Crippen molar-refractivity contribution in [3.63, 3.8) is 0 Å². The molecule has 0 radical (unpaired) electrons. The molecule has 0 aromatic carbocycles. The molecule has 5 atom stereocenters. The minimum Gasteiger partial charge on any atom is -0.384 e. The third kappa shape index (κ3) is 1.19. The number of hydrogen-bond donors (Lipinski definition) is 1. The Bertz CT molecular complexity index is 366. The minimum atomic E-state index is -1.26. The first kappa shape index (κ1) is 12.8. The SMILES string of the molecule is CC12OCOC1(C)C(C)(O)C(C)(C1COCO1)O2. The number of ether oxygens (including phenoxy) is 5. The van der Waals surface area contributed by atoms with Crippen LogP contribution in [0.4, 0.5) is 0 Å². The van der Waals surface area contributed by atoms with Crippen molar-refractivity contribution >= 4 is 0 Å². The maximum atomic E-state index is 11.0. The maximum Gasteiger partial charge on any atom is 0.200 e. The maximum absolute atomic E-state index is 11.0. The van der Waals surface area contributed by atoms with E-state index in [0.29, 0.717) is 6.61 Å². The molecular formula is C12H20O6. The molecular weight excluding hydrogens is 240 g/mol. The quantitative estimate of drug-likeness (QED) is 0.735. The predicted octanol–water partition coefficient (Wildman–Crippen LogP) is 0.378. The second kappa shape index (κ2) is 3.45. The van der Waals surface area contributed by atoms with Crippen LogP contribution in [0.25, 0.3) is 0 Å². The van der Waals surface area contributed by atoms with Gasteiger partial charge in [-0.3, -0.25) is 0 Å². The summed E-state index contributed by atoms with van der Waals surface area (Å²) in [5, 5.41) is 11.0. The minimum absolute atomic E-state index is 0.112. The van der Waals surface area contributed by atoms with Crippen LogP contribution in [0.2, 0.25) is 0 Å². The molecule has 0 saturated carbocycles. The van der Waals surface area contributed by atoms with Gasteiger partial charge in [-0.05, 0) is 27.7 Å². The molecule has 3 aliphatic heterocycles. The van der Waals surface area contributed by atoms with Crippen molar-refractivity contribution in [1.29, 1.82) is 0 Å². The van der Waals surface area contributed by atoms with Crippen LogP contribution < -0.4 is 0 Å². The summed E-state index contributed by atoms with van der Waals surface area (Å²) >= 11 is 0. The van der Waals surface area contributed by atoms with Gasteiger partial charge in [0, 0.05) is 0 Å². The first-order valence-corrected chi connectivity index (χ1v) is 6.17. The van der Waals surface area contributed by atoms with Gasteiger partial charge in [-0.1, -0.05) is 0 Å². The average molecular weight is 260 g/mol. The van der Waals surface area contributed by atoms with Crippen molar-refractivity contribution in [3.8, 4) is 0 Å². The molecule has 1 N–H and O–H groups in total. The van der Waals surface area contributed by atoms with E-state index in [2.05, 4.69) is 0 Å². The Morgan fingerprint density at radius 1 is 1.06 bits per heavy atom. The molecule has 6 heteroatoms. The summed E-state index contributed by atoms with van der Waals surface area (Å²) in [4.78, 5) is 0. The van der Waals surface area contributed by atoms with E-state index in [4.69, 9.17) is 23.7 Å². The fourth-order valence-electron chi connectivity index (χ4n) is 3.25. The lowest BCUT2D eigenvalue weighted by molar-refractivity contribution is -0.260. The van der Waals surface area contributed by atoms with E-state index in [1.165, 1.54) is 0 Å². The van der Waals surface area contributed by atoms with Gasteiger partial charge in [-0.25, -0.2) is 0 Å². The zero-order chi connectivity index (χ0) is 13.2. The first-order chi connectivity index (χ1) is 8.27. The van der Waals surface area contributed by atoms with E-state index < -0.39 is 22.6 Å². The Kier molecular flexibility index (Phi) is 2.45. The highest BCUT2D eigenvalue weighted by atomic mass is 16.8. The van der Waals surface area contributed by atoms with Crippen molar-refractivity contribution in [1.82, 2.24) is 0 Å². The predicted molar refractivity (Wildman–Crippen MR) is 59.7 cm³/mol. The van der Waals surface area contributed by atoms with Gasteiger partial charge in [0.05, 0.1) is 6.61 Å². The van der Waals surface area contributed by atoms with E-state index in [0.717, 1.165) is 0 Å². The third-order valence-electron chi connectivity index (χ3n) is 5.09. The first-order valence-electron chi connectivity index (χ1n) is 6.17. The van der Waals surface area contributed by atoms with E-state index in [1.54, 1.807) is 20.8 Å². The summed E-state index contributed by atoms with van der Waals surface area (Å²) in [5.41, 5.74) is -3.16. The highest BCUT2D eigenvalue weighted by Crippen LogP contribution is 2.58. The molecule has 3 heterocycles. The highest BCUT2D eigenvalue weighted by molar-refractivity contribution is 5.22. The van der Waals surface area contributed by atoms with Gasteiger partial charge in [0.25, 0.3) is 0 Å². The fraction of sp³-hybridized carbons (Fsp3) is 1.00. The zero-order valence-electron chi connectivity index (χ0n) is 11.2. The molecule has 5 unspecified atom stereocenters. The van der Waals surface area contributed by atoms with Crippen LogP contribution in [-0.2, 0) is 23.7 Å². The summed E-state index contributed by atoms with van der Waals surface area (Å²) in [7, 11) is 0. The Hall–Kier alpha value is -0.240. The van der Waals surface area contributed by atoms with Crippen LogP contribution >= 0.6 is 0 Å². The molecule has 3 rings (SSSR count). The van der Waals surface area contributed by atoms with Crippen LogP contribution in [0, 0.1) is 0 Å². The third-order valence-corrected chi connectivity index (χ3v) is 5.09. The molecule has 0 spiro atoms. The molecule has 0 amide bonds. The molecule has 0 aromatic heterocycles. The van der Waals surface area contributed by atoms with Crippen LogP contribution in [0.5, 0.6) is 0 Å². The van der Waals surface area contributed by atoms with E-state index >= 15 is 0 Å². The largest absolute Gasteiger partial charge is 0.384 e. The Labute approximate surface area is 106 Å². The van der Waals surface area contributed by atoms with Crippen LogP contribution in [0.15, 0.2) is 0 Å². The zero-order valence-corrected chi connectivity index (χ0v) is 11.2. The molecule has 3 fully saturated rings. The van der Waals surface area contributed by atoms with E-state index in [1.807, 2.05) is 6.92 Å². The molecule has 6 nitrogen and oxygen atoms in total. The highest BCUT2D eigenvalue weighted by Gasteiger charge is 2.78. The Balaban J connectivity index is 2.04. The summed E-state index contributed by atoms with van der Waals surface area (Å²) in [6.07, 6.45) is -0.348. The molecule has 104 valence electrons. The van der Waals surface area contributed by atoms with Crippen molar-refractivity contribution < 1.29 is 28.8 Å². The van der Waals surface area contributed by atoms with Gasteiger partial charge in [0.1, 0.15) is 24.1 Å². The van der Waals surface area contributed by atoms with Crippen molar-refractivity contribution in [2.24, 2.45) is 0 Å². The molecule has 0 bridgehead atoms. The van der Waals surface area contributed by atoms with Crippen LogP contribution in [0.1, 0.15) is 27.7 Å². The summed E-state index contributed by atoms with van der Waals surface area (Å²) in [6.45, 7) is 7.83. The Morgan fingerprint density at radius 3 is 2.33 bits per heavy atom. The lowest BCUT2D eigenvalue weighted by atomic mass is 9.71. The van der Waals surface area contributed by atoms with Gasteiger partial charge in [-0.15, -0.1) is 0 Å². The van der Waals surface area contributed by atoms with Crippen molar-refractivity contribution in [3.05, 3.63) is 0 Å². The molecule has 18 heavy (non-hydrogen) atoms. The molecule has 3 saturated heterocycles. The normalized spacial score (nSPS) is 60.2. The number of aliphatic hydroxyl groups is 1. The summed E-state index contributed by atoms with van der Waals surface area (Å²) in [5.74, 6) is -0.989. The summed E-state index contributed by atoms with van der Waals surface area (Å²) in [6, 6.07) is 0. The number of rotatable bonds is 1. The lowest BCUT2D eigenvalue weighted by Gasteiger charge is -2.43. The van der Waals surface area contributed by atoms with Gasteiger partial charge in [-0.2, -0.15) is 0 Å². The fourth-order valence-corrected chi connectivity index (χ4v) is 3.25. The lowest BCUT2D eigenvalue weighted by Crippen LogP contribution is -2.64. The monoisotopic (exact) mass is 260 g/mol. The second-order valence-corrected chi connectivity index (χ2v) is 5.81.